The van der Waals surface area contributed by atoms with Crippen LogP contribution in [-0.4, -0.2) is 31.8 Å². The summed E-state index contributed by atoms with van der Waals surface area (Å²) in [6, 6.07) is 6.96. The highest BCUT2D eigenvalue weighted by atomic mass is 35.5. The highest BCUT2D eigenvalue weighted by Gasteiger charge is 2.33. The molecule has 1 atom stereocenters. The van der Waals surface area contributed by atoms with Crippen LogP contribution in [0, 0.1) is 0 Å². The van der Waals surface area contributed by atoms with Crippen molar-refractivity contribution in [2.45, 2.75) is 39.3 Å². The van der Waals surface area contributed by atoms with Gasteiger partial charge in [0.2, 0.25) is 0 Å². The van der Waals surface area contributed by atoms with Gasteiger partial charge >= 0.3 is 6.09 Å². The maximum Gasteiger partial charge on any atom is 0.408 e. The van der Waals surface area contributed by atoms with Crippen molar-refractivity contribution in [2.24, 2.45) is 0 Å². The summed E-state index contributed by atoms with van der Waals surface area (Å²) in [5.74, 6) is 0. The first kappa shape index (κ1) is 16.7. The summed E-state index contributed by atoms with van der Waals surface area (Å²) >= 11 is 7.27. The zero-order valence-corrected chi connectivity index (χ0v) is 14.4. The smallest absolute Gasteiger partial charge is 0.408 e. The van der Waals surface area contributed by atoms with Gasteiger partial charge in [0.25, 0.3) is 0 Å². The molecule has 7 heteroatoms. The summed E-state index contributed by atoms with van der Waals surface area (Å²) < 4.78 is 0. The van der Waals surface area contributed by atoms with Gasteiger partial charge in [0.05, 0.1) is 6.04 Å². The average molecular weight is 340 g/mol. The van der Waals surface area contributed by atoms with E-state index in [4.69, 9.17) is 11.6 Å². The quantitative estimate of drug-likeness (QED) is 0.880. The number of hydrogen-bond acceptors (Lipinski definition) is 4. The molecule has 1 aromatic heterocycles. The number of nitrogens with zero attached hydrogens (tertiary/aromatic N) is 3. The lowest BCUT2D eigenvalue weighted by Gasteiger charge is -2.36. The molecule has 0 aliphatic carbocycles. The van der Waals surface area contributed by atoms with Crippen LogP contribution in [0.3, 0.4) is 0 Å². The lowest BCUT2D eigenvalue weighted by atomic mass is 10.0. The molecule has 0 unspecified atom stereocenters. The van der Waals surface area contributed by atoms with Crippen LogP contribution < -0.4 is 0 Å². The minimum atomic E-state index is -0.969. The zero-order chi connectivity index (χ0) is 16.5. The highest BCUT2D eigenvalue weighted by Crippen LogP contribution is 2.33. The number of aromatic nitrogens is 2. The average Bonchev–Trinajstić information content (AvgIpc) is 2.87. The number of carbonyl (C=O) groups is 1. The normalized spacial score (nSPS) is 13.0. The van der Waals surface area contributed by atoms with E-state index in [9.17, 15) is 9.90 Å². The molecule has 2 aromatic rings. The van der Waals surface area contributed by atoms with Gasteiger partial charge in [-0.05, 0) is 39.8 Å². The van der Waals surface area contributed by atoms with Crippen LogP contribution in [0.25, 0.3) is 10.6 Å². The maximum absolute atomic E-state index is 11.5. The molecule has 2 rings (SSSR count). The van der Waals surface area contributed by atoms with Crippen molar-refractivity contribution in [3.63, 3.8) is 0 Å². The van der Waals surface area contributed by atoms with Crippen LogP contribution in [0.5, 0.6) is 0 Å². The summed E-state index contributed by atoms with van der Waals surface area (Å²) in [5.41, 5.74) is 0.398. The maximum atomic E-state index is 11.5. The third-order valence-corrected chi connectivity index (χ3v) is 4.60. The largest absolute Gasteiger partial charge is 0.465 e. The van der Waals surface area contributed by atoms with E-state index in [1.165, 1.54) is 16.2 Å². The van der Waals surface area contributed by atoms with Crippen molar-refractivity contribution in [1.82, 2.24) is 15.1 Å². The molecule has 5 nitrogen and oxygen atoms in total. The number of amides is 1. The van der Waals surface area contributed by atoms with E-state index < -0.39 is 11.6 Å². The Morgan fingerprint density at radius 3 is 2.36 bits per heavy atom. The van der Waals surface area contributed by atoms with Gasteiger partial charge in [-0.1, -0.05) is 35.1 Å². The molecule has 0 radical (unpaired) electrons. The van der Waals surface area contributed by atoms with E-state index in [-0.39, 0.29) is 6.04 Å². The lowest BCUT2D eigenvalue weighted by Crippen LogP contribution is -2.46. The zero-order valence-electron chi connectivity index (χ0n) is 12.9. The van der Waals surface area contributed by atoms with Gasteiger partial charge in [0.1, 0.15) is 10.0 Å². The third-order valence-electron chi connectivity index (χ3n) is 3.21. The van der Waals surface area contributed by atoms with E-state index in [1.807, 2.05) is 39.8 Å². The summed E-state index contributed by atoms with van der Waals surface area (Å²) in [4.78, 5) is 12.9. The molecule has 0 bridgehead atoms. The van der Waals surface area contributed by atoms with Crippen molar-refractivity contribution in [3.05, 3.63) is 34.3 Å². The molecule has 22 heavy (non-hydrogen) atoms. The predicted molar refractivity (Wildman–Crippen MR) is 88.4 cm³/mol. The van der Waals surface area contributed by atoms with Gasteiger partial charge in [-0.15, -0.1) is 10.2 Å². The number of benzene rings is 1. The second kappa shape index (κ2) is 6.22. The second-order valence-corrected chi connectivity index (χ2v) is 7.40. The lowest BCUT2D eigenvalue weighted by molar-refractivity contribution is 0.0750. The molecule has 0 fully saturated rings. The molecule has 1 heterocycles. The minimum Gasteiger partial charge on any atom is -0.465 e. The van der Waals surface area contributed by atoms with Gasteiger partial charge in [-0.2, -0.15) is 0 Å². The first-order valence-corrected chi connectivity index (χ1v) is 8.01. The Kier molecular flexibility index (Phi) is 4.72. The van der Waals surface area contributed by atoms with Gasteiger partial charge in [-0.3, -0.25) is 4.90 Å². The topological polar surface area (TPSA) is 66.3 Å². The molecule has 1 N–H and O–H groups in total. The fourth-order valence-corrected chi connectivity index (χ4v) is 3.27. The van der Waals surface area contributed by atoms with Crippen LogP contribution in [0.2, 0.25) is 5.02 Å². The van der Waals surface area contributed by atoms with Crippen LogP contribution in [0.4, 0.5) is 4.79 Å². The second-order valence-electron chi connectivity index (χ2n) is 5.95. The molecule has 118 valence electrons. The monoisotopic (exact) mass is 339 g/mol. The molecular formula is C15H18ClN3O2S. The van der Waals surface area contributed by atoms with Crippen molar-refractivity contribution in [2.75, 3.05) is 0 Å². The number of hydrogen-bond donors (Lipinski definition) is 1. The Morgan fingerprint density at radius 2 is 1.86 bits per heavy atom. The van der Waals surface area contributed by atoms with Crippen LogP contribution in [0.15, 0.2) is 24.3 Å². The summed E-state index contributed by atoms with van der Waals surface area (Å²) in [5, 5.41) is 19.9. The third kappa shape index (κ3) is 3.56. The Hall–Kier alpha value is -1.66. The van der Waals surface area contributed by atoms with Gasteiger partial charge in [0, 0.05) is 16.1 Å². The van der Waals surface area contributed by atoms with Gasteiger partial charge in [-0.25, -0.2) is 4.79 Å². The van der Waals surface area contributed by atoms with Crippen molar-refractivity contribution in [1.29, 1.82) is 0 Å². The fourth-order valence-electron chi connectivity index (χ4n) is 2.26. The molecule has 1 aromatic carbocycles. The van der Waals surface area contributed by atoms with Crippen LogP contribution >= 0.6 is 22.9 Å². The molecule has 0 aliphatic rings. The number of carboxylic acid groups (broad SMARTS) is 1. The van der Waals surface area contributed by atoms with Crippen molar-refractivity contribution in [3.8, 4) is 10.6 Å². The van der Waals surface area contributed by atoms with E-state index in [1.54, 1.807) is 12.1 Å². The Bertz CT molecular complexity index is 664. The Balaban J connectivity index is 2.30. The van der Waals surface area contributed by atoms with E-state index >= 15 is 0 Å². The van der Waals surface area contributed by atoms with Crippen LogP contribution in [-0.2, 0) is 0 Å². The van der Waals surface area contributed by atoms with Gasteiger partial charge < -0.3 is 5.11 Å². The standard InChI is InChI=1S/C15H18ClN3O2S/c1-9(19(14(20)21)15(2,3)4)12-17-18-13(22-12)10-5-7-11(16)8-6-10/h5-9H,1-4H3,(H,20,21)/t9-/m0/s1. The van der Waals surface area contributed by atoms with Gasteiger partial charge in [0.15, 0.2) is 0 Å². The van der Waals surface area contributed by atoms with E-state index in [0.717, 1.165) is 10.6 Å². The summed E-state index contributed by atoms with van der Waals surface area (Å²) in [6.07, 6.45) is -0.969. The molecule has 1 amide bonds. The summed E-state index contributed by atoms with van der Waals surface area (Å²) in [6.45, 7) is 7.40. The predicted octanol–water partition coefficient (Wildman–Crippen LogP) is 4.70. The number of halogens is 1. The first-order valence-electron chi connectivity index (χ1n) is 6.81. The van der Waals surface area contributed by atoms with E-state index in [2.05, 4.69) is 10.2 Å². The highest BCUT2D eigenvalue weighted by molar-refractivity contribution is 7.14. The van der Waals surface area contributed by atoms with Crippen LogP contribution in [0.1, 0.15) is 38.7 Å². The molecule has 0 spiro atoms. The SMILES string of the molecule is C[C@@H](c1nnc(-c2ccc(Cl)cc2)s1)N(C(=O)O)C(C)(C)C. The fraction of sp³-hybridized carbons (Fsp3) is 0.400. The van der Waals surface area contributed by atoms with E-state index in [0.29, 0.717) is 10.0 Å². The van der Waals surface area contributed by atoms with Crippen molar-refractivity contribution >= 4 is 29.0 Å². The summed E-state index contributed by atoms with van der Waals surface area (Å²) in [7, 11) is 0. The Labute approximate surface area is 138 Å². The molecule has 0 saturated carbocycles. The Morgan fingerprint density at radius 1 is 1.27 bits per heavy atom. The molecule has 0 saturated heterocycles. The number of rotatable bonds is 3. The van der Waals surface area contributed by atoms with Crippen molar-refractivity contribution < 1.29 is 9.90 Å². The minimum absolute atomic E-state index is 0.365. The molecular weight excluding hydrogens is 322 g/mol. The molecule has 0 aliphatic heterocycles. The first-order chi connectivity index (χ1) is 10.2.